The largest absolute Gasteiger partial charge is 0.309 e. The van der Waals surface area contributed by atoms with Crippen molar-refractivity contribution in [3.05, 3.63) is 255 Å². The van der Waals surface area contributed by atoms with Crippen LogP contribution in [0.4, 0.5) is 17.1 Å². The lowest BCUT2D eigenvalue weighted by Gasteiger charge is -2.29. The Morgan fingerprint density at radius 1 is 0.274 bits per heavy atom. The number of hydrogen-bond acceptors (Lipinski definition) is 1. The van der Waals surface area contributed by atoms with Crippen LogP contribution in [-0.4, -0.2) is 4.57 Å². The van der Waals surface area contributed by atoms with Crippen molar-refractivity contribution < 1.29 is 0 Å². The van der Waals surface area contributed by atoms with Gasteiger partial charge in [-0.25, -0.2) is 0 Å². The summed E-state index contributed by atoms with van der Waals surface area (Å²) in [5, 5.41) is 2.39. The Balaban J connectivity index is 1.13. The monoisotopic (exact) mass is 790 g/mol. The van der Waals surface area contributed by atoms with E-state index in [0.29, 0.717) is 0 Å². The highest BCUT2D eigenvalue weighted by Gasteiger charge is 2.24. The fourth-order valence-corrected chi connectivity index (χ4v) is 9.19. The molecule has 2 heteroatoms. The van der Waals surface area contributed by atoms with E-state index in [-0.39, 0.29) is 0 Å². The third-order valence-corrected chi connectivity index (χ3v) is 12.0. The Hall–Kier alpha value is -8.20. The van der Waals surface area contributed by atoms with Crippen molar-refractivity contribution in [2.24, 2.45) is 0 Å². The average Bonchev–Trinajstić information content (AvgIpc) is 3.70. The molecular formula is C60H42N2. The summed E-state index contributed by atoms with van der Waals surface area (Å²) in [4.78, 5) is 2.46. The molecule has 11 aromatic rings. The molecule has 0 aliphatic carbocycles. The van der Waals surface area contributed by atoms with Crippen LogP contribution >= 0.6 is 0 Å². The van der Waals surface area contributed by atoms with E-state index in [4.69, 9.17) is 0 Å². The fourth-order valence-electron chi connectivity index (χ4n) is 9.19. The summed E-state index contributed by atoms with van der Waals surface area (Å²) in [5.41, 5.74) is 18.7. The van der Waals surface area contributed by atoms with Crippen molar-refractivity contribution in [2.45, 2.75) is 0 Å². The molecule has 0 atom stereocenters. The second kappa shape index (κ2) is 16.1. The minimum Gasteiger partial charge on any atom is -0.309 e. The molecule has 10 aromatic carbocycles. The van der Waals surface area contributed by atoms with E-state index < -0.39 is 0 Å². The first-order valence-corrected chi connectivity index (χ1v) is 21.3. The fraction of sp³-hybridized carbons (Fsp3) is 0. The standard InChI is InChI=1S/C60H42N2/c1-5-20-43(21-6-1)50-28-13-14-29-51(50)47-36-38-48(39-37-47)61(56-32-17-15-30-53(56)45-24-9-3-10-25-45)58-34-19-35-59-60(58)54-31-16-18-33-57(54)62(59)49-40-41-52(44-22-7-2-8-23-44)55(42-49)46-26-11-4-12-27-46/h1-42H. The molecular weight excluding hydrogens is 749 g/mol. The lowest BCUT2D eigenvalue weighted by molar-refractivity contribution is 1.18. The summed E-state index contributed by atoms with van der Waals surface area (Å²) >= 11 is 0. The zero-order chi connectivity index (χ0) is 41.2. The van der Waals surface area contributed by atoms with Gasteiger partial charge in [-0.2, -0.15) is 0 Å². The van der Waals surface area contributed by atoms with Gasteiger partial charge in [-0.3, -0.25) is 0 Å². The molecule has 62 heavy (non-hydrogen) atoms. The highest BCUT2D eigenvalue weighted by molar-refractivity contribution is 6.17. The molecule has 0 aliphatic rings. The summed E-state index contributed by atoms with van der Waals surface area (Å²) in [6, 6.07) is 92.0. The summed E-state index contributed by atoms with van der Waals surface area (Å²) in [5.74, 6) is 0. The first-order valence-electron chi connectivity index (χ1n) is 21.3. The number of anilines is 3. The van der Waals surface area contributed by atoms with E-state index in [2.05, 4.69) is 264 Å². The van der Waals surface area contributed by atoms with E-state index in [0.717, 1.165) is 39.3 Å². The highest BCUT2D eigenvalue weighted by atomic mass is 15.2. The molecule has 292 valence electrons. The summed E-state index contributed by atoms with van der Waals surface area (Å²) in [7, 11) is 0. The molecule has 1 heterocycles. The van der Waals surface area contributed by atoms with Crippen LogP contribution in [0.2, 0.25) is 0 Å². The van der Waals surface area contributed by atoms with Gasteiger partial charge >= 0.3 is 0 Å². The Morgan fingerprint density at radius 3 is 1.32 bits per heavy atom. The molecule has 0 spiro atoms. The van der Waals surface area contributed by atoms with E-state index in [9.17, 15) is 0 Å². The molecule has 0 saturated heterocycles. The maximum Gasteiger partial charge on any atom is 0.0562 e. The van der Waals surface area contributed by atoms with Crippen molar-refractivity contribution >= 4 is 38.9 Å². The van der Waals surface area contributed by atoms with E-state index in [1.165, 1.54) is 60.8 Å². The second-order valence-electron chi connectivity index (χ2n) is 15.7. The molecule has 0 unspecified atom stereocenters. The van der Waals surface area contributed by atoms with Crippen molar-refractivity contribution in [1.29, 1.82) is 0 Å². The maximum absolute atomic E-state index is 2.46. The van der Waals surface area contributed by atoms with Crippen LogP contribution in [0.5, 0.6) is 0 Å². The van der Waals surface area contributed by atoms with Crippen LogP contribution < -0.4 is 4.90 Å². The van der Waals surface area contributed by atoms with Crippen molar-refractivity contribution in [3.8, 4) is 61.3 Å². The molecule has 2 nitrogen and oxygen atoms in total. The van der Waals surface area contributed by atoms with Gasteiger partial charge in [0, 0.05) is 27.7 Å². The van der Waals surface area contributed by atoms with Crippen LogP contribution in [0.1, 0.15) is 0 Å². The first-order chi connectivity index (χ1) is 30.8. The van der Waals surface area contributed by atoms with Crippen LogP contribution in [0.15, 0.2) is 255 Å². The van der Waals surface area contributed by atoms with Crippen LogP contribution in [0.25, 0.3) is 83.1 Å². The Morgan fingerprint density at radius 2 is 0.710 bits per heavy atom. The van der Waals surface area contributed by atoms with E-state index in [1.807, 2.05) is 0 Å². The summed E-state index contributed by atoms with van der Waals surface area (Å²) in [6.45, 7) is 0. The quantitative estimate of drug-likeness (QED) is 0.141. The zero-order valence-electron chi connectivity index (χ0n) is 34.1. The van der Waals surface area contributed by atoms with Gasteiger partial charge in [-0.1, -0.05) is 206 Å². The maximum atomic E-state index is 2.46. The van der Waals surface area contributed by atoms with E-state index in [1.54, 1.807) is 0 Å². The number of para-hydroxylation sites is 2. The number of aromatic nitrogens is 1. The third kappa shape index (κ3) is 6.65. The molecule has 0 N–H and O–H groups in total. The Labute approximate surface area is 362 Å². The molecule has 0 radical (unpaired) electrons. The minimum atomic E-state index is 1.08. The SMILES string of the molecule is c1ccc(-c2ccccc2-c2ccc(N(c3ccccc3-c3ccccc3)c3cccc4c3c3ccccc3n4-c3ccc(-c4ccccc4)c(-c4ccccc4)c3)cc2)cc1. The Kier molecular flexibility index (Phi) is 9.57. The summed E-state index contributed by atoms with van der Waals surface area (Å²) < 4.78 is 2.44. The first kappa shape index (κ1) is 36.8. The number of nitrogens with zero attached hydrogens (tertiary/aromatic N) is 2. The van der Waals surface area contributed by atoms with Crippen molar-refractivity contribution in [3.63, 3.8) is 0 Å². The van der Waals surface area contributed by atoms with Gasteiger partial charge in [0.1, 0.15) is 0 Å². The van der Waals surface area contributed by atoms with Gasteiger partial charge in [0.15, 0.2) is 0 Å². The topological polar surface area (TPSA) is 8.17 Å². The van der Waals surface area contributed by atoms with Crippen LogP contribution in [-0.2, 0) is 0 Å². The van der Waals surface area contributed by atoms with Crippen molar-refractivity contribution in [1.82, 2.24) is 4.57 Å². The summed E-state index contributed by atoms with van der Waals surface area (Å²) in [6.07, 6.45) is 0. The predicted octanol–water partition coefficient (Wildman–Crippen LogP) is 16.6. The lowest BCUT2D eigenvalue weighted by Crippen LogP contribution is -2.11. The number of benzene rings is 10. The average molecular weight is 791 g/mol. The van der Waals surface area contributed by atoms with Crippen LogP contribution in [0.3, 0.4) is 0 Å². The van der Waals surface area contributed by atoms with Gasteiger partial charge in [0.25, 0.3) is 0 Å². The number of rotatable bonds is 9. The molecule has 0 amide bonds. The predicted molar refractivity (Wildman–Crippen MR) is 263 cm³/mol. The minimum absolute atomic E-state index is 1.08. The molecule has 0 bridgehead atoms. The van der Waals surface area contributed by atoms with Gasteiger partial charge in [0.2, 0.25) is 0 Å². The molecule has 11 rings (SSSR count). The third-order valence-electron chi connectivity index (χ3n) is 12.0. The number of fused-ring (bicyclic) bond motifs is 3. The van der Waals surface area contributed by atoms with Crippen LogP contribution in [0, 0.1) is 0 Å². The Bertz CT molecular complexity index is 3310. The van der Waals surface area contributed by atoms with Crippen molar-refractivity contribution in [2.75, 3.05) is 4.90 Å². The normalized spacial score (nSPS) is 11.2. The van der Waals surface area contributed by atoms with E-state index >= 15 is 0 Å². The second-order valence-corrected chi connectivity index (χ2v) is 15.7. The number of hydrogen-bond donors (Lipinski definition) is 0. The van der Waals surface area contributed by atoms with Gasteiger partial charge in [0.05, 0.1) is 22.4 Å². The molecule has 0 fully saturated rings. The van der Waals surface area contributed by atoms with Gasteiger partial charge < -0.3 is 9.47 Å². The molecule has 0 aliphatic heterocycles. The smallest absolute Gasteiger partial charge is 0.0562 e. The van der Waals surface area contributed by atoms with Gasteiger partial charge in [-0.15, -0.1) is 0 Å². The van der Waals surface area contributed by atoms with Gasteiger partial charge in [-0.05, 0) is 98.6 Å². The molecule has 1 aromatic heterocycles. The molecule has 0 saturated carbocycles. The highest BCUT2D eigenvalue weighted by Crippen LogP contribution is 2.47. The zero-order valence-corrected chi connectivity index (χ0v) is 34.1. The lowest BCUT2D eigenvalue weighted by atomic mass is 9.94.